The van der Waals surface area contributed by atoms with Crippen molar-refractivity contribution >= 4 is 21.7 Å². The predicted octanol–water partition coefficient (Wildman–Crippen LogP) is 4.27. The van der Waals surface area contributed by atoms with Crippen molar-refractivity contribution in [3.8, 4) is 11.8 Å². The van der Waals surface area contributed by atoms with Gasteiger partial charge in [-0.25, -0.2) is 0 Å². The van der Waals surface area contributed by atoms with Crippen molar-refractivity contribution in [1.29, 1.82) is 5.26 Å². The smallest absolute Gasteiger partial charge is 0.165 e. The molecule has 0 amide bonds. The molecule has 0 N–H and O–H groups in total. The predicted molar refractivity (Wildman–Crippen MR) is 84.6 cm³/mol. The second kappa shape index (κ2) is 4.85. The highest BCUT2D eigenvalue weighted by Crippen LogP contribution is 2.36. The van der Waals surface area contributed by atoms with Crippen molar-refractivity contribution in [3.05, 3.63) is 51.8 Å². The lowest BCUT2D eigenvalue weighted by Crippen LogP contribution is -2.27. The van der Waals surface area contributed by atoms with Gasteiger partial charge in [0, 0.05) is 28.3 Å². The van der Waals surface area contributed by atoms with E-state index in [1.807, 2.05) is 29.0 Å². The Morgan fingerprint density at radius 1 is 1.29 bits per heavy atom. The normalized spacial score (nSPS) is 16.4. The van der Waals surface area contributed by atoms with Gasteiger partial charge in [-0.15, -0.1) is 0 Å². The Labute approximate surface area is 132 Å². The van der Waals surface area contributed by atoms with E-state index in [0.29, 0.717) is 12.0 Å². The van der Waals surface area contributed by atoms with Gasteiger partial charge in [-0.1, -0.05) is 29.8 Å². The van der Waals surface area contributed by atoms with E-state index in [1.165, 1.54) is 0 Å². The van der Waals surface area contributed by atoms with Crippen LogP contribution in [0.25, 0.3) is 5.69 Å². The molecule has 0 bridgehead atoms. The lowest BCUT2D eigenvalue weighted by Gasteiger charge is -2.29. The van der Waals surface area contributed by atoms with E-state index in [0.717, 1.165) is 27.8 Å². The molecule has 0 fully saturated rings. The number of benzene rings is 1. The second-order valence-electron chi connectivity index (χ2n) is 6.26. The van der Waals surface area contributed by atoms with Gasteiger partial charge >= 0.3 is 0 Å². The van der Waals surface area contributed by atoms with Crippen molar-refractivity contribution in [2.45, 2.75) is 26.7 Å². The molecule has 3 rings (SSSR count). The minimum absolute atomic E-state index is 0.0393. The van der Waals surface area contributed by atoms with Crippen LogP contribution in [0.2, 0.25) is 0 Å². The number of nitriles is 1. The Morgan fingerprint density at radius 2 is 2.05 bits per heavy atom. The molecule has 1 heterocycles. The summed E-state index contributed by atoms with van der Waals surface area (Å²) in [6.45, 7) is 4.22. The molecule has 1 aromatic heterocycles. The van der Waals surface area contributed by atoms with Gasteiger partial charge < -0.3 is 4.57 Å². The van der Waals surface area contributed by atoms with Gasteiger partial charge in [-0.2, -0.15) is 5.26 Å². The zero-order chi connectivity index (χ0) is 15.2. The molecule has 21 heavy (non-hydrogen) atoms. The third kappa shape index (κ3) is 2.43. The van der Waals surface area contributed by atoms with Crippen LogP contribution in [-0.4, -0.2) is 10.4 Å². The first-order valence-corrected chi connectivity index (χ1v) is 7.64. The van der Waals surface area contributed by atoms with Gasteiger partial charge in [0.1, 0.15) is 6.07 Å². The largest absolute Gasteiger partial charge is 0.319 e. The molecule has 1 aromatic carbocycles. The SMILES string of the molecule is CC1(C)CC(=O)c2ccn(-c3ccc(Br)cc3C#N)c2C1. The minimum atomic E-state index is -0.0393. The minimum Gasteiger partial charge on any atom is -0.319 e. The summed E-state index contributed by atoms with van der Waals surface area (Å²) in [7, 11) is 0. The van der Waals surface area contributed by atoms with E-state index in [9.17, 15) is 10.1 Å². The summed E-state index contributed by atoms with van der Waals surface area (Å²) in [6, 6.07) is 9.73. The van der Waals surface area contributed by atoms with Crippen molar-refractivity contribution < 1.29 is 4.79 Å². The zero-order valence-corrected chi connectivity index (χ0v) is 13.6. The molecular formula is C17H15BrN2O. The number of carbonyl (C=O) groups is 1. The molecule has 3 nitrogen and oxygen atoms in total. The number of rotatable bonds is 1. The molecule has 0 radical (unpaired) electrons. The molecule has 1 aliphatic carbocycles. The molecule has 2 aromatic rings. The molecule has 0 spiro atoms. The van der Waals surface area contributed by atoms with Crippen LogP contribution in [0.3, 0.4) is 0 Å². The highest BCUT2D eigenvalue weighted by atomic mass is 79.9. The Morgan fingerprint density at radius 3 is 2.76 bits per heavy atom. The Kier molecular flexibility index (Phi) is 3.26. The number of nitrogens with zero attached hydrogens (tertiary/aromatic N) is 2. The summed E-state index contributed by atoms with van der Waals surface area (Å²) < 4.78 is 2.86. The Bertz CT molecular complexity index is 781. The zero-order valence-electron chi connectivity index (χ0n) is 12.0. The fourth-order valence-corrected chi connectivity index (χ4v) is 3.34. The molecule has 4 heteroatoms. The lowest BCUT2D eigenvalue weighted by atomic mass is 9.76. The Hall–Kier alpha value is -1.86. The van der Waals surface area contributed by atoms with Crippen molar-refractivity contribution in [1.82, 2.24) is 4.57 Å². The van der Waals surface area contributed by atoms with Crippen molar-refractivity contribution in [2.24, 2.45) is 5.41 Å². The summed E-state index contributed by atoms with van der Waals surface area (Å²) in [5.74, 6) is 0.190. The van der Waals surface area contributed by atoms with E-state index in [4.69, 9.17) is 0 Å². The van der Waals surface area contributed by atoms with Gasteiger partial charge in [0.15, 0.2) is 5.78 Å². The van der Waals surface area contributed by atoms with Gasteiger partial charge in [0.25, 0.3) is 0 Å². The fourth-order valence-electron chi connectivity index (χ4n) is 2.98. The number of carbonyl (C=O) groups excluding carboxylic acids is 1. The first kappa shape index (κ1) is 14.1. The average Bonchev–Trinajstić information content (AvgIpc) is 2.81. The lowest BCUT2D eigenvalue weighted by molar-refractivity contribution is 0.0911. The maximum absolute atomic E-state index is 12.3. The summed E-state index contributed by atoms with van der Waals surface area (Å²) in [5.41, 5.74) is 3.18. The number of ketones is 1. The first-order chi connectivity index (χ1) is 9.91. The van der Waals surface area contributed by atoms with Crippen LogP contribution in [-0.2, 0) is 6.42 Å². The monoisotopic (exact) mass is 342 g/mol. The highest BCUT2D eigenvalue weighted by molar-refractivity contribution is 9.10. The number of hydrogen-bond donors (Lipinski definition) is 0. The first-order valence-electron chi connectivity index (χ1n) is 6.85. The van der Waals surface area contributed by atoms with Crippen LogP contribution < -0.4 is 0 Å². The fraction of sp³-hybridized carbons (Fsp3) is 0.294. The van der Waals surface area contributed by atoms with Gasteiger partial charge in [0.05, 0.1) is 11.3 Å². The molecule has 0 aliphatic heterocycles. The van der Waals surface area contributed by atoms with Crippen molar-refractivity contribution in [2.75, 3.05) is 0 Å². The molecule has 0 unspecified atom stereocenters. The molecular weight excluding hydrogens is 328 g/mol. The summed E-state index contributed by atoms with van der Waals surface area (Å²) >= 11 is 3.39. The van der Waals surface area contributed by atoms with E-state index < -0.39 is 0 Å². The van der Waals surface area contributed by atoms with Crippen molar-refractivity contribution in [3.63, 3.8) is 0 Å². The molecule has 0 atom stereocenters. The van der Waals surface area contributed by atoms with Crippen LogP contribution in [0.4, 0.5) is 0 Å². The number of halogens is 1. The summed E-state index contributed by atoms with van der Waals surface area (Å²) in [6.07, 6.45) is 3.31. The Balaban J connectivity index is 2.19. The summed E-state index contributed by atoms with van der Waals surface area (Å²) in [4.78, 5) is 12.3. The third-order valence-electron chi connectivity index (χ3n) is 3.92. The van der Waals surface area contributed by atoms with Crippen LogP contribution in [0.15, 0.2) is 34.9 Å². The molecule has 106 valence electrons. The van der Waals surface area contributed by atoms with Gasteiger partial charge in [0.2, 0.25) is 0 Å². The van der Waals surface area contributed by atoms with Gasteiger partial charge in [-0.3, -0.25) is 4.79 Å². The van der Waals surface area contributed by atoms with Crippen LogP contribution in [0.5, 0.6) is 0 Å². The molecule has 0 saturated carbocycles. The number of aromatic nitrogens is 1. The van der Waals surface area contributed by atoms with E-state index in [2.05, 4.69) is 35.8 Å². The highest BCUT2D eigenvalue weighted by Gasteiger charge is 2.33. The molecule has 0 saturated heterocycles. The van der Waals surface area contributed by atoms with E-state index in [-0.39, 0.29) is 11.2 Å². The van der Waals surface area contributed by atoms with E-state index in [1.54, 1.807) is 6.07 Å². The maximum atomic E-state index is 12.3. The van der Waals surface area contributed by atoms with Crippen LogP contribution in [0.1, 0.15) is 41.9 Å². The van der Waals surface area contributed by atoms with Crippen LogP contribution >= 0.6 is 15.9 Å². The van der Waals surface area contributed by atoms with E-state index >= 15 is 0 Å². The third-order valence-corrected chi connectivity index (χ3v) is 4.41. The number of hydrogen-bond acceptors (Lipinski definition) is 2. The topological polar surface area (TPSA) is 45.8 Å². The maximum Gasteiger partial charge on any atom is 0.165 e. The average molecular weight is 343 g/mol. The van der Waals surface area contributed by atoms with Gasteiger partial charge in [-0.05, 0) is 36.1 Å². The standard InChI is InChI=1S/C17H15BrN2O/c1-17(2)8-15-13(16(21)9-17)5-6-20(15)14-4-3-12(18)7-11(14)10-19/h3-7H,8-9H2,1-2H3. The quantitative estimate of drug-likeness (QED) is 0.776. The summed E-state index contributed by atoms with van der Waals surface area (Å²) in [5, 5.41) is 9.35. The second-order valence-corrected chi connectivity index (χ2v) is 7.18. The number of Topliss-reactive ketones (excluding diaryl/α,β-unsaturated/α-hetero) is 1. The molecule has 1 aliphatic rings. The van der Waals surface area contributed by atoms with Crippen LogP contribution in [0, 0.1) is 16.7 Å². The number of fused-ring (bicyclic) bond motifs is 1.